The van der Waals surface area contributed by atoms with Crippen LogP contribution in [0.2, 0.25) is 0 Å². The van der Waals surface area contributed by atoms with E-state index in [4.69, 9.17) is 10.5 Å². The zero-order chi connectivity index (χ0) is 14.3. The number of hydrogen-bond donors (Lipinski definition) is 2. The van der Waals surface area contributed by atoms with Gasteiger partial charge in [-0.05, 0) is 25.0 Å². The molecular weight excluding hydrogens is 259 g/mol. The molecule has 1 saturated carbocycles. The summed E-state index contributed by atoms with van der Waals surface area (Å²) in [5.74, 6) is -0.485. The first-order chi connectivity index (χ1) is 8.79. The average molecular weight is 275 g/mol. The maximum Gasteiger partial charge on any atom is 0.416 e. The first-order valence-corrected chi connectivity index (χ1v) is 6.06. The number of nitrogens with two attached hydrogens (primary N) is 1. The van der Waals surface area contributed by atoms with Crippen molar-refractivity contribution in [3.8, 4) is 11.5 Å². The van der Waals surface area contributed by atoms with Gasteiger partial charge < -0.3 is 15.6 Å². The lowest BCUT2D eigenvalue weighted by Gasteiger charge is -2.29. The maximum atomic E-state index is 13.1. The van der Waals surface area contributed by atoms with Gasteiger partial charge in [-0.15, -0.1) is 0 Å². The highest BCUT2D eigenvalue weighted by Crippen LogP contribution is 2.49. The molecule has 3 N–H and O–H groups in total. The van der Waals surface area contributed by atoms with E-state index in [2.05, 4.69) is 0 Å². The van der Waals surface area contributed by atoms with Crippen molar-refractivity contribution in [3.05, 3.63) is 23.3 Å². The number of phenolic OH excluding ortho intramolecular Hbond substituents is 1. The Bertz CT molecular complexity index is 480. The van der Waals surface area contributed by atoms with E-state index in [0.717, 1.165) is 25.0 Å². The lowest BCUT2D eigenvalue weighted by molar-refractivity contribution is -0.139. The third-order valence-corrected chi connectivity index (χ3v) is 3.66. The summed E-state index contributed by atoms with van der Waals surface area (Å²) in [6.45, 7) is 0. The van der Waals surface area contributed by atoms with Crippen molar-refractivity contribution in [1.82, 2.24) is 0 Å². The highest BCUT2D eigenvalue weighted by molar-refractivity contribution is 5.54. The minimum absolute atomic E-state index is 0.0136. The van der Waals surface area contributed by atoms with Crippen LogP contribution in [0.3, 0.4) is 0 Å². The predicted octanol–water partition coefficient (Wildman–Crippen LogP) is 3.15. The second kappa shape index (κ2) is 4.59. The van der Waals surface area contributed by atoms with Crippen molar-refractivity contribution in [1.29, 1.82) is 0 Å². The van der Waals surface area contributed by atoms with Gasteiger partial charge in [-0.2, -0.15) is 13.2 Å². The molecule has 1 aromatic rings. The molecule has 1 aromatic carbocycles. The lowest BCUT2D eigenvalue weighted by Crippen LogP contribution is -2.35. The molecule has 1 aliphatic carbocycles. The molecule has 19 heavy (non-hydrogen) atoms. The van der Waals surface area contributed by atoms with Gasteiger partial charge in [-0.25, -0.2) is 0 Å². The van der Waals surface area contributed by atoms with Crippen LogP contribution in [0.5, 0.6) is 11.5 Å². The van der Waals surface area contributed by atoms with Crippen LogP contribution in [0.25, 0.3) is 0 Å². The van der Waals surface area contributed by atoms with E-state index in [1.807, 2.05) is 0 Å². The molecule has 0 bridgehead atoms. The van der Waals surface area contributed by atoms with Crippen LogP contribution in [0.4, 0.5) is 13.2 Å². The molecule has 0 saturated heterocycles. The molecule has 0 heterocycles. The van der Waals surface area contributed by atoms with E-state index in [1.165, 1.54) is 7.11 Å². The Balaban J connectivity index is 2.66. The third-order valence-electron chi connectivity index (χ3n) is 3.66. The molecule has 1 aliphatic rings. The Morgan fingerprint density at radius 2 is 1.84 bits per heavy atom. The van der Waals surface area contributed by atoms with Gasteiger partial charge in [0.15, 0.2) is 11.5 Å². The molecule has 0 spiro atoms. The number of benzene rings is 1. The van der Waals surface area contributed by atoms with E-state index >= 15 is 0 Å². The summed E-state index contributed by atoms with van der Waals surface area (Å²) < 4.78 is 44.1. The number of hydrogen-bond acceptors (Lipinski definition) is 3. The fraction of sp³-hybridized carbons (Fsp3) is 0.538. The first-order valence-electron chi connectivity index (χ1n) is 6.06. The molecule has 106 valence electrons. The van der Waals surface area contributed by atoms with Crippen LogP contribution < -0.4 is 10.5 Å². The second-order valence-electron chi connectivity index (χ2n) is 4.90. The number of methoxy groups -OCH3 is 1. The number of rotatable bonds is 2. The normalized spacial score (nSPS) is 18.6. The summed E-state index contributed by atoms with van der Waals surface area (Å²) in [5.41, 5.74) is 3.83. The van der Waals surface area contributed by atoms with Crippen molar-refractivity contribution in [3.63, 3.8) is 0 Å². The number of phenols is 1. The van der Waals surface area contributed by atoms with E-state index in [1.54, 1.807) is 0 Å². The molecule has 0 atom stereocenters. The molecule has 0 aliphatic heterocycles. The van der Waals surface area contributed by atoms with Crippen molar-refractivity contribution >= 4 is 0 Å². The number of aromatic hydroxyl groups is 1. The standard InChI is InChI=1S/C13H16F3NO2/c1-19-9-5-4-8(13(14,15)16)10(11(9)18)12(17)6-2-3-7-12/h4-5,18H,2-3,6-7,17H2,1H3. The summed E-state index contributed by atoms with van der Waals surface area (Å²) in [4.78, 5) is 0. The molecule has 0 aromatic heterocycles. The largest absolute Gasteiger partial charge is 0.504 e. The Morgan fingerprint density at radius 3 is 2.32 bits per heavy atom. The van der Waals surface area contributed by atoms with Crippen LogP contribution in [0.15, 0.2) is 12.1 Å². The van der Waals surface area contributed by atoms with Gasteiger partial charge in [-0.1, -0.05) is 12.8 Å². The highest BCUT2D eigenvalue weighted by atomic mass is 19.4. The number of alkyl halides is 3. The van der Waals surface area contributed by atoms with Gasteiger partial charge in [0.2, 0.25) is 0 Å². The average Bonchev–Trinajstić information content (AvgIpc) is 2.75. The van der Waals surface area contributed by atoms with E-state index in [-0.39, 0.29) is 11.3 Å². The SMILES string of the molecule is COc1ccc(C(F)(F)F)c(C2(N)CCCC2)c1O. The minimum Gasteiger partial charge on any atom is -0.504 e. The second-order valence-corrected chi connectivity index (χ2v) is 4.90. The number of halogens is 3. The van der Waals surface area contributed by atoms with Crippen molar-refractivity contribution in [2.75, 3.05) is 7.11 Å². The Kier molecular flexibility index (Phi) is 3.38. The summed E-state index contributed by atoms with van der Waals surface area (Å²) in [6, 6.07) is 2.03. The molecule has 0 radical (unpaired) electrons. The molecule has 0 unspecified atom stereocenters. The van der Waals surface area contributed by atoms with Crippen LogP contribution in [-0.4, -0.2) is 12.2 Å². The van der Waals surface area contributed by atoms with Gasteiger partial charge >= 0.3 is 6.18 Å². The number of ether oxygens (including phenoxy) is 1. The molecule has 3 nitrogen and oxygen atoms in total. The van der Waals surface area contributed by atoms with Crippen molar-refractivity contribution < 1.29 is 23.0 Å². The smallest absolute Gasteiger partial charge is 0.416 e. The molecule has 2 rings (SSSR count). The summed E-state index contributed by atoms with van der Waals surface area (Å²) in [7, 11) is 1.30. The minimum atomic E-state index is -4.55. The Labute approximate surface area is 109 Å². The van der Waals surface area contributed by atoms with Crippen LogP contribution in [0, 0.1) is 0 Å². The predicted molar refractivity (Wildman–Crippen MR) is 64.0 cm³/mol. The van der Waals surface area contributed by atoms with Crippen LogP contribution in [0.1, 0.15) is 36.8 Å². The molecular formula is C13H16F3NO2. The summed E-state index contributed by atoms with van der Waals surface area (Å²) >= 11 is 0. The maximum absolute atomic E-state index is 13.1. The topological polar surface area (TPSA) is 55.5 Å². The van der Waals surface area contributed by atoms with E-state index < -0.39 is 23.0 Å². The summed E-state index contributed by atoms with van der Waals surface area (Å²) in [6.07, 6.45) is -2.18. The van der Waals surface area contributed by atoms with Crippen molar-refractivity contribution in [2.24, 2.45) is 5.73 Å². The quantitative estimate of drug-likeness (QED) is 0.871. The molecule has 6 heteroatoms. The third kappa shape index (κ3) is 2.36. The fourth-order valence-electron chi connectivity index (χ4n) is 2.73. The summed E-state index contributed by atoms with van der Waals surface area (Å²) in [5, 5.41) is 10.1. The molecule has 0 amide bonds. The van der Waals surface area contributed by atoms with Crippen LogP contribution >= 0.6 is 0 Å². The van der Waals surface area contributed by atoms with E-state index in [0.29, 0.717) is 12.8 Å². The van der Waals surface area contributed by atoms with Crippen molar-refractivity contribution in [2.45, 2.75) is 37.4 Å². The zero-order valence-corrected chi connectivity index (χ0v) is 10.5. The lowest BCUT2D eigenvalue weighted by atomic mass is 9.84. The van der Waals surface area contributed by atoms with Gasteiger partial charge in [0.1, 0.15) is 0 Å². The Hall–Kier alpha value is -1.43. The monoisotopic (exact) mass is 275 g/mol. The molecule has 1 fully saturated rings. The van der Waals surface area contributed by atoms with Gasteiger partial charge in [0.05, 0.1) is 12.7 Å². The first kappa shape index (κ1) is 14.0. The zero-order valence-electron chi connectivity index (χ0n) is 10.5. The van der Waals surface area contributed by atoms with Gasteiger partial charge in [0.25, 0.3) is 0 Å². The van der Waals surface area contributed by atoms with E-state index in [9.17, 15) is 18.3 Å². The van der Waals surface area contributed by atoms with Gasteiger partial charge in [-0.3, -0.25) is 0 Å². The fourth-order valence-corrected chi connectivity index (χ4v) is 2.73. The Morgan fingerprint density at radius 1 is 1.26 bits per heavy atom. The van der Waals surface area contributed by atoms with Crippen LogP contribution in [-0.2, 0) is 11.7 Å². The van der Waals surface area contributed by atoms with Gasteiger partial charge in [0, 0.05) is 11.1 Å². The highest BCUT2D eigenvalue weighted by Gasteiger charge is 2.43.